The van der Waals surface area contributed by atoms with E-state index in [0.717, 1.165) is 17.7 Å². The number of hydrogen-bond donors (Lipinski definition) is 2. The fourth-order valence-electron chi connectivity index (χ4n) is 2.72. The highest BCUT2D eigenvalue weighted by Gasteiger charge is 2.11. The summed E-state index contributed by atoms with van der Waals surface area (Å²) in [5, 5.41) is 7.90. The first-order chi connectivity index (χ1) is 14.5. The number of nitrogens with zero attached hydrogens (tertiary/aromatic N) is 1. The van der Waals surface area contributed by atoms with Gasteiger partial charge in [0.2, 0.25) is 11.8 Å². The summed E-state index contributed by atoms with van der Waals surface area (Å²) in [4.78, 5) is 28.6. The Hall–Kier alpha value is -3.26. The van der Waals surface area contributed by atoms with Crippen LogP contribution in [0, 0.1) is 5.82 Å². The molecule has 3 rings (SSSR count). The minimum Gasteiger partial charge on any atom is -0.486 e. The first-order valence-corrected chi connectivity index (χ1v) is 10.4. The van der Waals surface area contributed by atoms with E-state index < -0.39 is 0 Å². The number of benzene rings is 2. The fraction of sp³-hybridized carbons (Fsp3) is 0.227. The van der Waals surface area contributed by atoms with E-state index >= 15 is 0 Å². The topological polar surface area (TPSA) is 80.3 Å². The van der Waals surface area contributed by atoms with Gasteiger partial charge in [0, 0.05) is 11.1 Å². The Morgan fingerprint density at radius 3 is 2.63 bits per heavy atom. The highest BCUT2D eigenvalue weighted by atomic mass is 32.1. The minimum atomic E-state index is -0.326. The van der Waals surface area contributed by atoms with Crippen LogP contribution in [0.4, 0.5) is 10.1 Å². The minimum absolute atomic E-state index is 0.0753. The molecule has 0 atom stereocenters. The van der Waals surface area contributed by atoms with Crippen LogP contribution in [0.5, 0.6) is 5.75 Å². The Kier molecular flexibility index (Phi) is 7.51. The predicted molar refractivity (Wildman–Crippen MR) is 114 cm³/mol. The number of nitrogens with one attached hydrogen (secondary N) is 2. The zero-order valence-corrected chi connectivity index (χ0v) is 17.3. The van der Waals surface area contributed by atoms with Crippen LogP contribution in [0.25, 0.3) is 0 Å². The van der Waals surface area contributed by atoms with E-state index in [9.17, 15) is 14.0 Å². The molecule has 0 bridgehead atoms. The number of ether oxygens (including phenoxy) is 1. The van der Waals surface area contributed by atoms with Crippen molar-refractivity contribution in [1.82, 2.24) is 10.3 Å². The molecule has 0 saturated heterocycles. The third-order valence-electron chi connectivity index (χ3n) is 4.24. The maximum atomic E-state index is 12.9. The quantitative estimate of drug-likeness (QED) is 0.545. The molecule has 0 spiro atoms. The number of hydrogen-bond acceptors (Lipinski definition) is 5. The van der Waals surface area contributed by atoms with Gasteiger partial charge in [-0.25, -0.2) is 9.37 Å². The van der Waals surface area contributed by atoms with Crippen LogP contribution in [0.1, 0.15) is 23.2 Å². The van der Waals surface area contributed by atoms with E-state index in [1.54, 1.807) is 17.5 Å². The van der Waals surface area contributed by atoms with Crippen LogP contribution in [0.15, 0.2) is 53.9 Å². The Bertz CT molecular complexity index is 1000. The van der Waals surface area contributed by atoms with Crippen LogP contribution in [-0.4, -0.2) is 23.3 Å². The molecule has 0 aliphatic heterocycles. The smallest absolute Gasteiger partial charge is 0.243 e. The van der Waals surface area contributed by atoms with E-state index in [0.29, 0.717) is 16.5 Å². The van der Waals surface area contributed by atoms with Gasteiger partial charge in [-0.15, -0.1) is 11.3 Å². The van der Waals surface area contributed by atoms with Gasteiger partial charge < -0.3 is 15.4 Å². The number of rotatable bonds is 9. The maximum Gasteiger partial charge on any atom is 0.243 e. The zero-order chi connectivity index (χ0) is 21.3. The number of anilines is 1. The standard InChI is InChI=1S/C22H22FN3O3S/c1-2-15-5-3-4-6-19(15)26-21(28)12-24-20(27)11-17-14-30-22(25-17)13-29-18-9-7-16(23)8-10-18/h3-10,14H,2,11-13H2,1H3,(H,24,27)(H,26,28). The number of aromatic nitrogens is 1. The van der Waals surface area contributed by atoms with Crippen molar-refractivity contribution in [2.75, 3.05) is 11.9 Å². The number of thiazole rings is 1. The van der Waals surface area contributed by atoms with Gasteiger partial charge in [-0.2, -0.15) is 0 Å². The molecule has 0 saturated carbocycles. The number of aryl methyl sites for hydroxylation is 1. The van der Waals surface area contributed by atoms with Gasteiger partial charge in [0.05, 0.1) is 18.7 Å². The van der Waals surface area contributed by atoms with E-state index in [2.05, 4.69) is 15.6 Å². The molecule has 156 valence electrons. The molecule has 2 N–H and O–H groups in total. The van der Waals surface area contributed by atoms with Crippen LogP contribution < -0.4 is 15.4 Å². The van der Waals surface area contributed by atoms with Crippen molar-refractivity contribution in [3.05, 3.63) is 76.0 Å². The summed E-state index contributed by atoms with van der Waals surface area (Å²) in [5.74, 6) is -0.351. The van der Waals surface area contributed by atoms with Crippen LogP contribution in [0.3, 0.4) is 0 Å². The lowest BCUT2D eigenvalue weighted by Crippen LogP contribution is -2.34. The molecule has 8 heteroatoms. The van der Waals surface area contributed by atoms with Crippen molar-refractivity contribution in [2.24, 2.45) is 0 Å². The third-order valence-corrected chi connectivity index (χ3v) is 5.11. The summed E-state index contributed by atoms with van der Waals surface area (Å²) in [5.41, 5.74) is 2.39. The Morgan fingerprint density at radius 1 is 1.10 bits per heavy atom. The molecule has 1 heterocycles. The fourth-order valence-corrected chi connectivity index (χ4v) is 3.43. The van der Waals surface area contributed by atoms with Crippen molar-refractivity contribution in [3.8, 4) is 5.75 Å². The molecule has 6 nitrogen and oxygen atoms in total. The van der Waals surface area contributed by atoms with Gasteiger partial charge in [0.25, 0.3) is 0 Å². The highest BCUT2D eigenvalue weighted by molar-refractivity contribution is 7.09. The number of halogens is 1. The summed E-state index contributed by atoms with van der Waals surface area (Å²) in [6, 6.07) is 13.3. The van der Waals surface area contributed by atoms with Crippen LogP contribution in [-0.2, 0) is 29.0 Å². The zero-order valence-electron chi connectivity index (χ0n) is 16.5. The largest absolute Gasteiger partial charge is 0.486 e. The summed E-state index contributed by atoms with van der Waals surface area (Å²) >= 11 is 1.37. The van der Waals surface area contributed by atoms with Crippen LogP contribution >= 0.6 is 11.3 Å². The first kappa shape index (κ1) is 21.4. The van der Waals surface area contributed by atoms with Crippen molar-refractivity contribution < 1.29 is 18.7 Å². The van der Waals surface area contributed by atoms with Crippen LogP contribution in [0.2, 0.25) is 0 Å². The lowest BCUT2D eigenvalue weighted by Gasteiger charge is -2.10. The molecule has 30 heavy (non-hydrogen) atoms. The molecule has 0 fully saturated rings. The second-order valence-electron chi connectivity index (χ2n) is 6.49. The van der Waals surface area contributed by atoms with Gasteiger partial charge in [0.15, 0.2) is 0 Å². The maximum absolute atomic E-state index is 12.9. The summed E-state index contributed by atoms with van der Waals surface area (Å²) in [6.45, 7) is 2.14. The van der Waals surface area contributed by atoms with Crippen molar-refractivity contribution in [1.29, 1.82) is 0 Å². The van der Waals surface area contributed by atoms with Crippen molar-refractivity contribution in [2.45, 2.75) is 26.4 Å². The average Bonchev–Trinajstić information content (AvgIpc) is 3.19. The lowest BCUT2D eigenvalue weighted by atomic mass is 10.1. The molecule has 2 amide bonds. The van der Waals surface area contributed by atoms with Gasteiger partial charge in [0.1, 0.15) is 23.2 Å². The first-order valence-electron chi connectivity index (χ1n) is 9.49. The molecule has 1 aromatic heterocycles. The molecule has 0 radical (unpaired) electrons. The second-order valence-corrected chi connectivity index (χ2v) is 7.43. The van der Waals surface area contributed by atoms with Gasteiger partial charge in [-0.1, -0.05) is 25.1 Å². The second kappa shape index (κ2) is 10.5. The lowest BCUT2D eigenvalue weighted by molar-refractivity contribution is -0.123. The Labute approximate surface area is 178 Å². The normalized spacial score (nSPS) is 10.5. The molecular weight excluding hydrogens is 405 g/mol. The SMILES string of the molecule is CCc1ccccc1NC(=O)CNC(=O)Cc1csc(COc2ccc(F)cc2)n1. The third kappa shape index (κ3) is 6.38. The number of carbonyl (C=O) groups excluding carboxylic acids is 2. The molecule has 0 aliphatic rings. The highest BCUT2D eigenvalue weighted by Crippen LogP contribution is 2.17. The van der Waals surface area contributed by atoms with Crippen molar-refractivity contribution >= 4 is 28.8 Å². The Morgan fingerprint density at radius 2 is 1.87 bits per heavy atom. The van der Waals surface area contributed by atoms with E-state index in [1.807, 2.05) is 31.2 Å². The average molecular weight is 428 g/mol. The van der Waals surface area contributed by atoms with Gasteiger partial charge >= 0.3 is 0 Å². The molecular formula is C22H22FN3O3S. The number of amides is 2. The summed E-state index contributed by atoms with van der Waals surface area (Å²) in [7, 11) is 0. The predicted octanol–water partition coefficient (Wildman–Crippen LogP) is 3.72. The van der Waals surface area contributed by atoms with E-state index in [4.69, 9.17) is 4.74 Å². The molecule has 0 aliphatic carbocycles. The molecule has 2 aromatic carbocycles. The summed E-state index contributed by atoms with van der Waals surface area (Å²) in [6.07, 6.45) is 0.881. The monoisotopic (exact) mass is 427 g/mol. The Balaban J connectivity index is 1.42. The summed E-state index contributed by atoms with van der Waals surface area (Å²) < 4.78 is 18.4. The van der Waals surface area contributed by atoms with E-state index in [1.165, 1.54) is 23.5 Å². The number of carbonyl (C=O) groups is 2. The molecule has 3 aromatic rings. The van der Waals surface area contributed by atoms with Crippen molar-refractivity contribution in [3.63, 3.8) is 0 Å². The van der Waals surface area contributed by atoms with Gasteiger partial charge in [-0.3, -0.25) is 9.59 Å². The van der Waals surface area contributed by atoms with E-state index in [-0.39, 0.29) is 37.2 Å². The van der Waals surface area contributed by atoms with Gasteiger partial charge in [-0.05, 0) is 42.3 Å². The number of para-hydroxylation sites is 1. The molecule has 0 unspecified atom stereocenters.